The maximum Gasteiger partial charge on any atom is 0.346 e. The lowest BCUT2D eigenvalue weighted by molar-refractivity contribution is 0.150. The molecule has 0 spiro atoms. The van der Waals surface area contributed by atoms with Crippen LogP contribution >= 0.6 is 0 Å². The molecule has 3 heterocycles. The van der Waals surface area contributed by atoms with E-state index in [4.69, 9.17) is 0 Å². The Labute approximate surface area is 181 Å². The molecule has 6 heteroatoms. The monoisotopic (exact) mass is 409 g/mol. The van der Waals surface area contributed by atoms with Crippen LogP contribution in [0.3, 0.4) is 0 Å². The van der Waals surface area contributed by atoms with Crippen molar-refractivity contribution in [3.8, 4) is 22.5 Å². The normalized spacial score (nSPS) is 16.3. The lowest BCUT2D eigenvalue weighted by atomic mass is 9.96. The van der Waals surface area contributed by atoms with E-state index in [9.17, 15) is 4.79 Å². The quantitative estimate of drug-likeness (QED) is 0.466. The van der Waals surface area contributed by atoms with Crippen molar-refractivity contribution in [3.63, 3.8) is 0 Å². The number of amides is 1. The fourth-order valence-electron chi connectivity index (χ4n) is 4.15. The standard InChI is InChI=1S/C25H23N5O/c31-25(29-16-5-4-10-23(29)20-7-2-1-3-8-20)30-18-27-24(28-30)21-13-11-19(12-14-21)22-9-6-15-26-17-22/h1-3,6-9,11-15,17-18,23H,4-5,10,16H2/t23-/m1/s1. The molecular weight excluding hydrogens is 386 g/mol. The van der Waals surface area contributed by atoms with Gasteiger partial charge in [0.25, 0.3) is 0 Å². The third kappa shape index (κ3) is 3.97. The molecule has 0 radical (unpaired) electrons. The average molecular weight is 409 g/mol. The second-order valence-electron chi connectivity index (χ2n) is 7.73. The van der Waals surface area contributed by atoms with Crippen LogP contribution in [0.15, 0.2) is 85.5 Å². The SMILES string of the molecule is O=C(N1CCCC[C@@H]1c1ccccc1)n1cnc(-c2ccc(-c3cccnc3)cc2)n1. The number of pyridine rings is 1. The molecule has 0 N–H and O–H groups in total. The Morgan fingerprint density at radius 2 is 1.68 bits per heavy atom. The predicted octanol–water partition coefficient (Wildman–Crippen LogP) is 5.20. The number of piperidine rings is 1. The molecule has 1 saturated heterocycles. The van der Waals surface area contributed by atoms with Crippen molar-refractivity contribution in [2.24, 2.45) is 0 Å². The molecule has 0 saturated carbocycles. The van der Waals surface area contributed by atoms with Crippen molar-refractivity contribution < 1.29 is 4.79 Å². The van der Waals surface area contributed by atoms with Crippen molar-refractivity contribution in [3.05, 3.63) is 91.0 Å². The Morgan fingerprint density at radius 3 is 2.45 bits per heavy atom. The van der Waals surface area contributed by atoms with Crippen LogP contribution in [0.1, 0.15) is 30.9 Å². The fraction of sp³-hybridized carbons (Fsp3) is 0.200. The van der Waals surface area contributed by atoms with E-state index in [2.05, 4.69) is 27.2 Å². The first-order chi connectivity index (χ1) is 15.3. The second-order valence-corrected chi connectivity index (χ2v) is 7.73. The van der Waals surface area contributed by atoms with Crippen LogP contribution in [0.2, 0.25) is 0 Å². The molecule has 5 rings (SSSR count). The van der Waals surface area contributed by atoms with E-state index >= 15 is 0 Å². The molecule has 31 heavy (non-hydrogen) atoms. The summed E-state index contributed by atoms with van der Waals surface area (Å²) in [6.45, 7) is 0.730. The lowest BCUT2D eigenvalue weighted by Crippen LogP contribution is -2.41. The highest BCUT2D eigenvalue weighted by Gasteiger charge is 2.29. The van der Waals surface area contributed by atoms with E-state index in [1.54, 1.807) is 6.20 Å². The minimum atomic E-state index is -0.126. The summed E-state index contributed by atoms with van der Waals surface area (Å²) in [5.41, 5.74) is 4.17. The largest absolute Gasteiger partial charge is 0.346 e. The number of rotatable bonds is 3. The topological polar surface area (TPSA) is 63.9 Å². The van der Waals surface area contributed by atoms with Gasteiger partial charge in [0.2, 0.25) is 0 Å². The Hall–Kier alpha value is -3.80. The van der Waals surface area contributed by atoms with Crippen LogP contribution in [-0.2, 0) is 0 Å². The summed E-state index contributed by atoms with van der Waals surface area (Å²) in [4.78, 5) is 23.7. The Kier molecular flexibility index (Phi) is 5.27. The van der Waals surface area contributed by atoms with Gasteiger partial charge < -0.3 is 4.90 Å². The first-order valence-corrected chi connectivity index (χ1v) is 10.6. The summed E-state index contributed by atoms with van der Waals surface area (Å²) >= 11 is 0. The number of aromatic nitrogens is 4. The molecule has 1 aliphatic rings. The molecule has 1 aliphatic heterocycles. The molecule has 1 atom stereocenters. The van der Waals surface area contributed by atoms with Gasteiger partial charge in [-0.25, -0.2) is 9.78 Å². The highest BCUT2D eigenvalue weighted by molar-refractivity contribution is 5.77. The fourth-order valence-corrected chi connectivity index (χ4v) is 4.15. The van der Waals surface area contributed by atoms with Crippen LogP contribution in [-0.4, -0.2) is 37.2 Å². The summed E-state index contributed by atoms with van der Waals surface area (Å²) in [5, 5.41) is 4.49. The van der Waals surface area contributed by atoms with E-state index in [1.807, 2.05) is 65.7 Å². The zero-order valence-corrected chi connectivity index (χ0v) is 17.1. The smallest absolute Gasteiger partial charge is 0.316 e. The Balaban J connectivity index is 1.36. The summed E-state index contributed by atoms with van der Waals surface area (Å²) in [5.74, 6) is 0.541. The van der Waals surface area contributed by atoms with Gasteiger partial charge in [-0.05, 0) is 42.0 Å². The molecule has 0 unspecified atom stereocenters. The first kappa shape index (κ1) is 19.2. The molecule has 1 amide bonds. The number of hydrogen-bond donors (Lipinski definition) is 0. The van der Waals surface area contributed by atoms with E-state index in [0.717, 1.165) is 42.5 Å². The van der Waals surface area contributed by atoms with E-state index in [-0.39, 0.29) is 12.1 Å². The van der Waals surface area contributed by atoms with Crippen molar-refractivity contribution in [2.45, 2.75) is 25.3 Å². The Morgan fingerprint density at radius 1 is 0.871 bits per heavy atom. The maximum atomic E-state index is 13.2. The van der Waals surface area contributed by atoms with E-state index in [0.29, 0.717) is 5.82 Å². The minimum absolute atomic E-state index is 0.0777. The van der Waals surface area contributed by atoms with Gasteiger partial charge >= 0.3 is 6.03 Å². The first-order valence-electron chi connectivity index (χ1n) is 10.6. The average Bonchev–Trinajstić information content (AvgIpc) is 3.35. The highest BCUT2D eigenvalue weighted by Crippen LogP contribution is 2.31. The van der Waals surface area contributed by atoms with Crippen LogP contribution in [0.5, 0.6) is 0 Å². The van der Waals surface area contributed by atoms with E-state index < -0.39 is 0 Å². The number of nitrogens with zero attached hydrogens (tertiary/aromatic N) is 5. The molecule has 2 aromatic carbocycles. The van der Waals surface area contributed by atoms with Gasteiger partial charge in [0.05, 0.1) is 6.04 Å². The molecule has 0 aliphatic carbocycles. The molecule has 2 aromatic heterocycles. The number of hydrogen-bond acceptors (Lipinski definition) is 4. The van der Waals surface area contributed by atoms with Gasteiger partial charge in [0.1, 0.15) is 6.33 Å². The minimum Gasteiger partial charge on any atom is -0.316 e. The zero-order valence-electron chi connectivity index (χ0n) is 17.1. The molecule has 154 valence electrons. The van der Waals surface area contributed by atoms with Crippen molar-refractivity contribution in [1.29, 1.82) is 0 Å². The molecule has 1 fully saturated rings. The highest BCUT2D eigenvalue weighted by atomic mass is 16.2. The maximum absolute atomic E-state index is 13.2. The lowest BCUT2D eigenvalue weighted by Gasteiger charge is -2.35. The van der Waals surface area contributed by atoms with Crippen LogP contribution in [0.4, 0.5) is 4.79 Å². The third-order valence-corrected chi connectivity index (χ3v) is 5.76. The van der Waals surface area contributed by atoms with Crippen LogP contribution in [0.25, 0.3) is 22.5 Å². The predicted molar refractivity (Wildman–Crippen MR) is 119 cm³/mol. The number of benzene rings is 2. The summed E-state index contributed by atoms with van der Waals surface area (Å²) < 4.78 is 1.37. The van der Waals surface area contributed by atoms with Crippen molar-refractivity contribution in [1.82, 2.24) is 24.6 Å². The van der Waals surface area contributed by atoms with E-state index in [1.165, 1.54) is 16.6 Å². The van der Waals surface area contributed by atoms with Crippen LogP contribution in [0, 0.1) is 0 Å². The van der Waals surface area contributed by atoms with Crippen LogP contribution < -0.4 is 0 Å². The van der Waals surface area contributed by atoms with Gasteiger partial charge in [-0.15, -0.1) is 5.10 Å². The van der Waals surface area contributed by atoms with Gasteiger partial charge in [-0.3, -0.25) is 4.98 Å². The summed E-state index contributed by atoms with van der Waals surface area (Å²) in [6, 6.07) is 22.1. The molecular formula is C25H23N5O. The molecule has 4 aromatic rings. The van der Waals surface area contributed by atoms with Gasteiger partial charge in [0, 0.05) is 24.5 Å². The zero-order chi connectivity index (χ0) is 21.0. The van der Waals surface area contributed by atoms with Gasteiger partial charge in [-0.1, -0.05) is 60.7 Å². The Bertz CT molecular complexity index is 1160. The second kappa shape index (κ2) is 8.52. The molecule has 0 bridgehead atoms. The van der Waals surface area contributed by atoms with Crippen molar-refractivity contribution >= 4 is 6.03 Å². The summed E-state index contributed by atoms with van der Waals surface area (Å²) in [7, 11) is 0. The number of carbonyl (C=O) groups is 1. The van der Waals surface area contributed by atoms with Gasteiger partial charge in [-0.2, -0.15) is 4.68 Å². The number of likely N-dealkylation sites (tertiary alicyclic amines) is 1. The van der Waals surface area contributed by atoms with Crippen molar-refractivity contribution in [2.75, 3.05) is 6.54 Å². The van der Waals surface area contributed by atoms with Gasteiger partial charge in [0.15, 0.2) is 5.82 Å². The molecule has 6 nitrogen and oxygen atoms in total. The summed E-state index contributed by atoms with van der Waals surface area (Å²) in [6.07, 6.45) is 8.21. The third-order valence-electron chi connectivity index (χ3n) is 5.76. The number of carbonyl (C=O) groups excluding carboxylic acids is 1.